The van der Waals surface area contributed by atoms with Crippen LogP contribution in [0.5, 0.6) is 0 Å². The minimum absolute atomic E-state index is 1.03. The molecule has 1 nitrogen and oxygen atoms in total. The number of nitrogens with zero attached hydrogens (tertiary/aromatic N) is 1. The number of rotatable bonds is 4. The Kier molecular flexibility index (Phi) is 11.3. The van der Waals surface area contributed by atoms with Crippen LogP contribution in [0.4, 0.5) is 0 Å². The van der Waals surface area contributed by atoms with Gasteiger partial charge < -0.3 is 4.90 Å². The van der Waals surface area contributed by atoms with Crippen LogP contribution in [0.3, 0.4) is 0 Å². The van der Waals surface area contributed by atoms with Crippen molar-refractivity contribution >= 4 is 0 Å². The Morgan fingerprint density at radius 3 is 2.13 bits per heavy atom. The maximum Gasteiger partial charge on any atom is 0.0355 e. The molecular formula is C14H23N. The third kappa shape index (κ3) is 8.86. The molecule has 0 aliphatic rings. The highest BCUT2D eigenvalue weighted by Crippen LogP contribution is 2.00. The molecule has 0 atom stereocenters. The molecule has 1 heteroatoms. The number of hydrogen-bond acceptors (Lipinski definition) is 1. The quantitative estimate of drug-likeness (QED) is 0.496. The topological polar surface area (TPSA) is 3.24 Å². The number of likely N-dealkylation sites (N-methyl/N-ethyl adjacent to an activating group) is 1. The molecule has 0 aromatic rings. The first-order chi connectivity index (χ1) is 7.11. The molecule has 0 saturated heterocycles. The van der Waals surface area contributed by atoms with Gasteiger partial charge in [0.2, 0.25) is 0 Å². The van der Waals surface area contributed by atoms with Crippen LogP contribution in [0.1, 0.15) is 20.8 Å². The smallest absolute Gasteiger partial charge is 0.0355 e. The zero-order chi connectivity index (χ0) is 12.3. The van der Waals surface area contributed by atoms with Gasteiger partial charge in [-0.15, -0.1) is 5.73 Å². The van der Waals surface area contributed by atoms with Gasteiger partial charge in [0.1, 0.15) is 0 Å². The normalized spacial score (nSPS) is 10.1. The maximum atomic E-state index is 3.72. The fraction of sp³-hybridized carbons (Fsp3) is 0.357. The molecule has 0 fully saturated rings. The molecule has 0 heterocycles. The molecule has 15 heavy (non-hydrogen) atoms. The SMILES string of the molecule is C=C=C(C)/C=C/C=C(\C=C)N(C)C.CC. The molecule has 0 saturated carbocycles. The van der Waals surface area contributed by atoms with Crippen LogP contribution in [0.25, 0.3) is 0 Å². The van der Waals surface area contributed by atoms with Gasteiger partial charge in [-0.25, -0.2) is 0 Å². The monoisotopic (exact) mass is 205 g/mol. The van der Waals surface area contributed by atoms with Crippen molar-refractivity contribution in [1.82, 2.24) is 4.90 Å². The average molecular weight is 205 g/mol. The molecule has 0 unspecified atom stereocenters. The van der Waals surface area contributed by atoms with Crippen molar-refractivity contribution in [2.75, 3.05) is 14.1 Å². The Bertz CT molecular complexity index is 274. The highest BCUT2D eigenvalue weighted by Gasteiger charge is 1.89. The largest absolute Gasteiger partial charge is 0.378 e. The van der Waals surface area contributed by atoms with Crippen molar-refractivity contribution in [2.45, 2.75) is 20.8 Å². The zero-order valence-corrected chi connectivity index (χ0v) is 10.7. The lowest BCUT2D eigenvalue weighted by molar-refractivity contribution is 0.530. The van der Waals surface area contributed by atoms with Gasteiger partial charge in [0.05, 0.1) is 0 Å². The molecule has 0 aliphatic carbocycles. The first kappa shape index (κ1) is 16.0. The van der Waals surface area contributed by atoms with Gasteiger partial charge in [-0.2, -0.15) is 0 Å². The minimum Gasteiger partial charge on any atom is -0.378 e. The number of hydrogen-bond donors (Lipinski definition) is 0. The Hall–Kier alpha value is -1.46. The molecule has 0 bridgehead atoms. The molecule has 0 aliphatic heterocycles. The van der Waals surface area contributed by atoms with Crippen molar-refractivity contribution in [1.29, 1.82) is 0 Å². The molecule has 0 aromatic carbocycles. The molecular weight excluding hydrogens is 182 g/mol. The van der Waals surface area contributed by atoms with Crippen LogP contribution < -0.4 is 0 Å². The van der Waals surface area contributed by atoms with E-state index >= 15 is 0 Å². The summed E-state index contributed by atoms with van der Waals surface area (Å²) in [6.07, 6.45) is 7.73. The Morgan fingerprint density at radius 2 is 1.80 bits per heavy atom. The highest BCUT2D eigenvalue weighted by molar-refractivity contribution is 5.25. The van der Waals surface area contributed by atoms with Crippen LogP contribution in [0.15, 0.2) is 54.5 Å². The molecule has 0 radical (unpaired) electrons. The molecule has 0 spiro atoms. The fourth-order valence-corrected chi connectivity index (χ4v) is 0.750. The third-order valence-corrected chi connectivity index (χ3v) is 1.62. The Morgan fingerprint density at radius 1 is 1.27 bits per heavy atom. The summed E-state index contributed by atoms with van der Waals surface area (Å²) in [6.45, 7) is 13.2. The predicted octanol–water partition coefficient (Wildman–Crippen LogP) is 3.93. The lowest BCUT2D eigenvalue weighted by Crippen LogP contribution is -2.08. The summed E-state index contributed by atoms with van der Waals surface area (Å²) < 4.78 is 0. The number of allylic oxidation sites excluding steroid dienone is 5. The van der Waals surface area contributed by atoms with Gasteiger partial charge in [0, 0.05) is 19.8 Å². The summed E-state index contributed by atoms with van der Waals surface area (Å²) in [6, 6.07) is 0. The van der Waals surface area contributed by atoms with E-state index in [-0.39, 0.29) is 0 Å². The summed E-state index contributed by atoms with van der Waals surface area (Å²) >= 11 is 0. The van der Waals surface area contributed by atoms with E-state index in [2.05, 4.69) is 18.9 Å². The minimum atomic E-state index is 1.03. The molecule has 0 N–H and O–H groups in total. The highest BCUT2D eigenvalue weighted by atomic mass is 15.1. The average Bonchev–Trinajstić information content (AvgIpc) is 2.26. The van der Waals surface area contributed by atoms with Crippen LogP contribution in [0.2, 0.25) is 0 Å². The first-order valence-corrected chi connectivity index (χ1v) is 5.16. The van der Waals surface area contributed by atoms with E-state index in [1.807, 2.05) is 64.1 Å². The lowest BCUT2D eigenvalue weighted by atomic mass is 10.2. The zero-order valence-electron chi connectivity index (χ0n) is 10.7. The predicted molar refractivity (Wildman–Crippen MR) is 70.8 cm³/mol. The van der Waals surface area contributed by atoms with Crippen molar-refractivity contribution in [2.24, 2.45) is 0 Å². The van der Waals surface area contributed by atoms with Crippen LogP contribution in [-0.4, -0.2) is 19.0 Å². The van der Waals surface area contributed by atoms with E-state index in [9.17, 15) is 0 Å². The summed E-state index contributed by atoms with van der Waals surface area (Å²) in [5.74, 6) is 0. The van der Waals surface area contributed by atoms with E-state index in [0.717, 1.165) is 11.3 Å². The third-order valence-electron chi connectivity index (χ3n) is 1.62. The van der Waals surface area contributed by atoms with Gasteiger partial charge in [-0.05, 0) is 24.6 Å². The van der Waals surface area contributed by atoms with E-state index < -0.39 is 0 Å². The fourth-order valence-electron chi connectivity index (χ4n) is 0.750. The Balaban J connectivity index is 0. The summed E-state index contributed by atoms with van der Waals surface area (Å²) in [5, 5.41) is 0. The van der Waals surface area contributed by atoms with Gasteiger partial charge in [-0.1, -0.05) is 39.2 Å². The van der Waals surface area contributed by atoms with Crippen LogP contribution >= 0.6 is 0 Å². The molecule has 0 aromatic heterocycles. The standard InChI is InChI=1S/C12H17N.C2H6/c1-6-11(3)9-8-10-12(7-2)13(4)5;1-2/h7-10H,1-2H2,3-5H3;1-2H3/b9-8+,12-10+;. The van der Waals surface area contributed by atoms with Gasteiger partial charge in [-0.3, -0.25) is 0 Å². The second kappa shape index (κ2) is 10.6. The van der Waals surface area contributed by atoms with E-state index in [0.29, 0.717) is 0 Å². The van der Waals surface area contributed by atoms with Gasteiger partial charge in [0.15, 0.2) is 0 Å². The van der Waals surface area contributed by atoms with E-state index in [1.54, 1.807) is 0 Å². The van der Waals surface area contributed by atoms with Gasteiger partial charge in [0.25, 0.3) is 0 Å². The van der Waals surface area contributed by atoms with Crippen LogP contribution in [0, 0.1) is 0 Å². The second-order valence-electron chi connectivity index (χ2n) is 2.91. The maximum absolute atomic E-state index is 3.72. The Labute approximate surface area is 94.8 Å². The van der Waals surface area contributed by atoms with E-state index in [1.165, 1.54) is 0 Å². The van der Waals surface area contributed by atoms with Crippen molar-refractivity contribution in [3.63, 3.8) is 0 Å². The van der Waals surface area contributed by atoms with E-state index in [4.69, 9.17) is 0 Å². The summed E-state index contributed by atoms with van der Waals surface area (Å²) in [7, 11) is 3.97. The van der Waals surface area contributed by atoms with Crippen molar-refractivity contribution in [3.8, 4) is 0 Å². The first-order valence-electron chi connectivity index (χ1n) is 5.16. The lowest BCUT2D eigenvalue weighted by Gasteiger charge is -2.11. The van der Waals surface area contributed by atoms with Crippen molar-refractivity contribution in [3.05, 3.63) is 54.5 Å². The molecule has 84 valence electrons. The van der Waals surface area contributed by atoms with Crippen LogP contribution in [-0.2, 0) is 0 Å². The van der Waals surface area contributed by atoms with Gasteiger partial charge >= 0.3 is 0 Å². The van der Waals surface area contributed by atoms with Crippen molar-refractivity contribution < 1.29 is 0 Å². The molecule has 0 rings (SSSR count). The summed E-state index contributed by atoms with van der Waals surface area (Å²) in [5.41, 5.74) is 4.90. The molecule has 0 amide bonds. The summed E-state index contributed by atoms with van der Waals surface area (Å²) in [4.78, 5) is 2.00. The second-order valence-corrected chi connectivity index (χ2v) is 2.91.